The highest BCUT2D eigenvalue weighted by atomic mass is 16.2. The Kier molecular flexibility index (Phi) is 3.97. The zero-order valence-electron chi connectivity index (χ0n) is 10.7. The first-order chi connectivity index (χ1) is 9.16. The van der Waals surface area contributed by atoms with Crippen molar-refractivity contribution >= 4 is 17.5 Å². The van der Waals surface area contributed by atoms with Gasteiger partial charge in [0.2, 0.25) is 0 Å². The normalized spacial score (nSPS) is 9.95. The summed E-state index contributed by atoms with van der Waals surface area (Å²) in [5, 5.41) is 5.48. The minimum Gasteiger partial charge on any atom is -0.382 e. The number of nitrogen functional groups attached to an aromatic ring is 1. The van der Waals surface area contributed by atoms with Gasteiger partial charge in [-0.2, -0.15) is 0 Å². The van der Waals surface area contributed by atoms with Crippen LogP contribution in [0, 0.1) is 6.92 Å². The van der Waals surface area contributed by atoms with Crippen LogP contribution in [0.4, 0.5) is 16.3 Å². The molecule has 0 fully saturated rings. The van der Waals surface area contributed by atoms with Gasteiger partial charge in [0, 0.05) is 12.7 Å². The number of aryl methyl sites for hydroxylation is 1. The lowest BCUT2D eigenvalue weighted by Crippen LogP contribution is -2.29. The summed E-state index contributed by atoms with van der Waals surface area (Å²) < 4.78 is 0. The molecule has 4 N–H and O–H groups in total. The molecule has 0 aliphatic carbocycles. The number of anilines is 2. The third-order valence-corrected chi connectivity index (χ3v) is 2.72. The number of rotatable bonds is 3. The van der Waals surface area contributed by atoms with Crippen molar-refractivity contribution < 1.29 is 4.79 Å². The molecule has 2 rings (SSSR count). The quantitative estimate of drug-likeness (QED) is 0.788. The number of nitrogens with zero attached hydrogens (tertiary/aromatic N) is 1. The number of urea groups is 1. The van der Waals surface area contributed by atoms with E-state index in [1.165, 1.54) is 0 Å². The number of carbonyl (C=O) groups excluding carboxylic acids is 1. The number of benzene rings is 1. The SMILES string of the molecule is Cc1ccnc(N)c1NC(=O)NCc1ccccc1. The first-order valence-electron chi connectivity index (χ1n) is 5.96. The Balaban J connectivity index is 1.95. The number of hydrogen-bond acceptors (Lipinski definition) is 3. The molecule has 0 radical (unpaired) electrons. The number of pyridine rings is 1. The predicted octanol–water partition coefficient (Wildman–Crippen LogP) is 2.29. The van der Waals surface area contributed by atoms with E-state index in [1.807, 2.05) is 37.3 Å². The molecule has 1 aromatic heterocycles. The van der Waals surface area contributed by atoms with Gasteiger partial charge >= 0.3 is 6.03 Å². The van der Waals surface area contributed by atoms with Gasteiger partial charge in [-0.05, 0) is 24.1 Å². The number of nitrogens with one attached hydrogen (secondary N) is 2. The minimum absolute atomic E-state index is 0.299. The van der Waals surface area contributed by atoms with Crippen molar-refractivity contribution in [1.82, 2.24) is 10.3 Å². The van der Waals surface area contributed by atoms with Crippen molar-refractivity contribution in [3.05, 3.63) is 53.7 Å². The van der Waals surface area contributed by atoms with Crippen LogP contribution in [0.3, 0.4) is 0 Å². The molecule has 0 bridgehead atoms. The fourth-order valence-corrected chi connectivity index (χ4v) is 1.68. The Hall–Kier alpha value is -2.56. The van der Waals surface area contributed by atoms with Crippen molar-refractivity contribution in [2.24, 2.45) is 0 Å². The summed E-state index contributed by atoms with van der Waals surface area (Å²) in [6.07, 6.45) is 1.61. The molecule has 0 aliphatic heterocycles. The fourth-order valence-electron chi connectivity index (χ4n) is 1.68. The van der Waals surface area contributed by atoms with Crippen molar-refractivity contribution in [2.75, 3.05) is 11.1 Å². The van der Waals surface area contributed by atoms with Gasteiger partial charge in [0.15, 0.2) is 0 Å². The van der Waals surface area contributed by atoms with Crippen LogP contribution in [-0.2, 0) is 6.54 Å². The van der Waals surface area contributed by atoms with Crippen LogP contribution in [0.2, 0.25) is 0 Å². The standard InChI is InChI=1S/C14H16N4O/c1-10-7-8-16-13(15)12(10)18-14(19)17-9-11-5-3-2-4-6-11/h2-8H,9H2,1H3,(H2,15,16)(H2,17,18,19). The van der Waals surface area contributed by atoms with E-state index in [0.29, 0.717) is 18.1 Å². The van der Waals surface area contributed by atoms with Gasteiger partial charge in [-0.3, -0.25) is 0 Å². The Morgan fingerprint density at radius 1 is 1.26 bits per heavy atom. The topological polar surface area (TPSA) is 80.0 Å². The summed E-state index contributed by atoms with van der Waals surface area (Å²) in [7, 11) is 0. The van der Waals surface area contributed by atoms with Crippen LogP contribution in [0.25, 0.3) is 0 Å². The maximum absolute atomic E-state index is 11.8. The molecule has 0 unspecified atom stereocenters. The minimum atomic E-state index is -0.299. The van der Waals surface area contributed by atoms with Gasteiger partial charge < -0.3 is 16.4 Å². The smallest absolute Gasteiger partial charge is 0.319 e. The third kappa shape index (κ3) is 3.45. The molecule has 19 heavy (non-hydrogen) atoms. The van der Waals surface area contributed by atoms with Crippen LogP contribution in [-0.4, -0.2) is 11.0 Å². The van der Waals surface area contributed by atoms with Gasteiger partial charge in [-0.25, -0.2) is 9.78 Å². The van der Waals surface area contributed by atoms with Gasteiger partial charge in [0.25, 0.3) is 0 Å². The number of aromatic nitrogens is 1. The second-order valence-electron chi connectivity index (χ2n) is 4.18. The van der Waals surface area contributed by atoms with Crippen molar-refractivity contribution in [3.63, 3.8) is 0 Å². The van der Waals surface area contributed by atoms with E-state index in [2.05, 4.69) is 15.6 Å². The Bertz CT molecular complexity index is 549. The zero-order chi connectivity index (χ0) is 13.7. The Labute approximate surface area is 111 Å². The second-order valence-corrected chi connectivity index (χ2v) is 4.18. The molecule has 1 aromatic carbocycles. The molecule has 0 spiro atoms. The van der Waals surface area contributed by atoms with Gasteiger partial charge in [0.1, 0.15) is 5.82 Å². The third-order valence-electron chi connectivity index (χ3n) is 2.72. The maximum atomic E-state index is 11.8. The predicted molar refractivity (Wildman–Crippen MR) is 75.7 cm³/mol. The van der Waals surface area contributed by atoms with E-state index in [-0.39, 0.29) is 6.03 Å². The van der Waals surface area contributed by atoms with Crippen LogP contribution in [0.1, 0.15) is 11.1 Å². The van der Waals surface area contributed by atoms with Crippen LogP contribution >= 0.6 is 0 Å². The number of hydrogen-bond donors (Lipinski definition) is 3. The van der Waals surface area contributed by atoms with Gasteiger partial charge in [-0.1, -0.05) is 30.3 Å². The van der Waals surface area contributed by atoms with Crippen LogP contribution < -0.4 is 16.4 Å². The summed E-state index contributed by atoms with van der Waals surface area (Å²) in [6.45, 7) is 2.33. The summed E-state index contributed by atoms with van der Waals surface area (Å²) >= 11 is 0. The number of amides is 2. The zero-order valence-corrected chi connectivity index (χ0v) is 10.7. The molecule has 1 heterocycles. The largest absolute Gasteiger partial charge is 0.382 e. The average molecular weight is 256 g/mol. The Morgan fingerprint density at radius 3 is 2.68 bits per heavy atom. The first kappa shape index (κ1) is 12.9. The van der Waals surface area contributed by atoms with Crippen LogP contribution in [0.15, 0.2) is 42.6 Å². The van der Waals surface area contributed by atoms with E-state index in [0.717, 1.165) is 11.1 Å². The maximum Gasteiger partial charge on any atom is 0.319 e. The summed E-state index contributed by atoms with van der Waals surface area (Å²) in [5.74, 6) is 0.315. The molecule has 0 aliphatic rings. The fraction of sp³-hybridized carbons (Fsp3) is 0.143. The summed E-state index contributed by atoms with van der Waals surface area (Å²) in [6, 6.07) is 11.2. The molecule has 98 valence electrons. The van der Waals surface area contributed by atoms with E-state index < -0.39 is 0 Å². The second kappa shape index (κ2) is 5.86. The van der Waals surface area contributed by atoms with E-state index in [4.69, 9.17) is 5.73 Å². The first-order valence-corrected chi connectivity index (χ1v) is 5.96. The number of nitrogens with two attached hydrogens (primary N) is 1. The summed E-state index contributed by atoms with van der Waals surface area (Å²) in [5.41, 5.74) is 8.19. The van der Waals surface area contributed by atoms with Crippen molar-refractivity contribution in [2.45, 2.75) is 13.5 Å². The molecule has 0 saturated heterocycles. The molecular formula is C14H16N4O. The van der Waals surface area contributed by atoms with E-state index in [9.17, 15) is 4.79 Å². The highest BCUT2D eigenvalue weighted by molar-refractivity contribution is 5.92. The average Bonchev–Trinajstić information content (AvgIpc) is 2.42. The Morgan fingerprint density at radius 2 is 2.00 bits per heavy atom. The van der Waals surface area contributed by atoms with Crippen molar-refractivity contribution in [1.29, 1.82) is 0 Å². The highest BCUT2D eigenvalue weighted by Crippen LogP contribution is 2.19. The highest BCUT2D eigenvalue weighted by Gasteiger charge is 2.07. The lowest BCUT2D eigenvalue weighted by molar-refractivity contribution is 0.251. The van der Waals surface area contributed by atoms with E-state index >= 15 is 0 Å². The molecule has 2 aromatic rings. The van der Waals surface area contributed by atoms with Crippen LogP contribution in [0.5, 0.6) is 0 Å². The molecule has 5 nitrogen and oxygen atoms in total. The lowest BCUT2D eigenvalue weighted by Gasteiger charge is -2.11. The monoisotopic (exact) mass is 256 g/mol. The van der Waals surface area contributed by atoms with Gasteiger partial charge in [-0.15, -0.1) is 0 Å². The van der Waals surface area contributed by atoms with Gasteiger partial charge in [0.05, 0.1) is 5.69 Å². The van der Waals surface area contributed by atoms with Crippen molar-refractivity contribution in [3.8, 4) is 0 Å². The molecule has 5 heteroatoms. The molecule has 0 atom stereocenters. The molecular weight excluding hydrogens is 240 g/mol. The molecule has 0 saturated carbocycles. The lowest BCUT2D eigenvalue weighted by atomic mass is 10.2. The summed E-state index contributed by atoms with van der Waals surface area (Å²) in [4.78, 5) is 15.7. The molecule has 2 amide bonds. The number of carbonyl (C=O) groups is 1. The van der Waals surface area contributed by atoms with E-state index in [1.54, 1.807) is 12.3 Å².